The van der Waals surface area contributed by atoms with Gasteiger partial charge in [0.25, 0.3) is 0 Å². The van der Waals surface area contributed by atoms with Crippen LogP contribution in [0.1, 0.15) is 16.1 Å². The van der Waals surface area contributed by atoms with Crippen molar-refractivity contribution in [3.63, 3.8) is 0 Å². The summed E-state index contributed by atoms with van der Waals surface area (Å²) < 4.78 is 26.5. The van der Waals surface area contributed by atoms with Gasteiger partial charge in [0.15, 0.2) is 15.5 Å². The average molecular weight is 341 g/mol. The number of fused-ring (bicyclic) bond motifs is 3. The van der Waals surface area contributed by atoms with Crippen LogP contribution in [0.15, 0.2) is 53.7 Å². The number of carbonyl (C=O) groups is 1. The summed E-state index contributed by atoms with van der Waals surface area (Å²) in [5, 5.41) is 13.6. The van der Waals surface area contributed by atoms with Crippen LogP contribution in [0.3, 0.4) is 0 Å². The van der Waals surface area contributed by atoms with Gasteiger partial charge in [-0.25, -0.2) is 17.9 Å². The molecule has 0 saturated heterocycles. The molecule has 7 nitrogen and oxygen atoms in total. The van der Waals surface area contributed by atoms with Crippen molar-refractivity contribution in [1.29, 1.82) is 0 Å². The first-order chi connectivity index (χ1) is 11.5. The Hall–Kier alpha value is -3.00. The van der Waals surface area contributed by atoms with Crippen LogP contribution in [0, 0.1) is 0 Å². The number of aromatic nitrogens is 3. The molecule has 0 atom stereocenters. The number of aromatic carboxylic acids is 1. The molecule has 120 valence electrons. The van der Waals surface area contributed by atoms with Crippen molar-refractivity contribution in [2.24, 2.45) is 0 Å². The summed E-state index contributed by atoms with van der Waals surface area (Å²) in [5.41, 5.74) is 1.40. The second-order valence-electron chi connectivity index (χ2n) is 5.36. The standard InChI is InChI=1S/C16H11N3O4S/c20-16(21)14-12-9-24(22,23)13-6-7-17-8-11(13)15(12)19(18-14)10-4-2-1-3-5-10/h1-8H,9H2,(H,20,21). The number of carboxylic acids is 1. The van der Waals surface area contributed by atoms with Gasteiger partial charge in [-0.3, -0.25) is 4.98 Å². The highest BCUT2D eigenvalue weighted by Crippen LogP contribution is 2.39. The molecule has 0 bridgehead atoms. The number of pyridine rings is 1. The Morgan fingerprint density at radius 2 is 1.92 bits per heavy atom. The predicted molar refractivity (Wildman–Crippen MR) is 84.6 cm³/mol. The van der Waals surface area contributed by atoms with Crippen molar-refractivity contribution in [3.05, 3.63) is 60.0 Å². The molecule has 1 N–H and O–H groups in total. The molecule has 3 heterocycles. The predicted octanol–water partition coefficient (Wildman–Crippen LogP) is 1.92. The first-order valence-corrected chi connectivity index (χ1v) is 8.72. The highest BCUT2D eigenvalue weighted by Gasteiger charge is 2.36. The second-order valence-corrected chi connectivity index (χ2v) is 7.32. The van der Waals surface area contributed by atoms with Gasteiger partial charge in [0, 0.05) is 23.5 Å². The minimum absolute atomic E-state index is 0.138. The molecule has 3 aromatic rings. The van der Waals surface area contributed by atoms with E-state index >= 15 is 0 Å². The molecule has 0 spiro atoms. The van der Waals surface area contributed by atoms with Gasteiger partial charge in [-0.05, 0) is 18.2 Å². The van der Waals surface area contributed by atoms with Gasteiger partial charge in [-0.15, -0.1) is 0 Å². The van der Waals surface area contributed by atoms with Crippen LogP contribution in [0.4, 0.5) is 0 Å². The largest absolute Gasteiger partial charge is 0.476 e. The summed E-state index contributed by atoms with van der Waals surface area (Å²) >= 11 is 0. The fourth-order valence-corrected chi connectivity index (χ4v) is 4.45. The third-order valence-electron chi connectivity index (χ3n) is 3.89. The minimum atomic E-state index is -3.64. The van der Waals surface area contributed by atoms with Gasteiger partial charge >= 0.3 is 5.97 Å². The fraction of sp³-hybridized carbons (Fsp3) is 0.0625. The van der Waals surface area contributed by atoms with Crippen LogP contribution >= 0.6 is 0 Å². The lowest BCUT2D eigenvalue weighted by Crippen LogP contribution is -2.15. The topological polar surface area (TPSA) is 102 Å². The molecule has 0 saturated carbocycles. The number of carboxylic acid groups (broad SMARTS) is 1. The van der Waals surface area contributed by atoms with Crippen molar-refractivity contribution in [2.75, 3.05) is 0 Å². The highest BCUT2D eigenvalue weighted by molar-refractivity contribution is 7.90. The van der Waals surface area contributed by atoms with Gasteiger partial charge < -0.3 is 5.11 Å². The molecular formula is C16H11N3O4S. The van der Waals surface area contributed by atoms with Crippen LogP contribution in [0.25, 0.3) is 16.9 Å². The van der Waals surface area contributed by atoms with Crippen LogP contribution in [-0.4, -0.2) is 34.3 Å². The Morgan fingerprint density at radius 1 is 1.17 bits per heavy atom. The molecule has 2 aromatic heterocycles. The SMILES string of the molecule is O=C(O)c1nn(-c2ccccc2)c2c1CS(=O)(=O)c1ccncc1-2. The van der Waals surface area contributed by atoms with E-state index in [9.17, 15) is 18.3 Å². The fourth-order valence-electron chi connectivity index (χ4n) is 2.89. The molecule has 0 unspecified atom stereocenters. The number of hydrogen-bond acceptors (Lipinski definition) is 5. The van der Waals surface area contributed by atoms with Crippen LogP contribution in [0.5, 0.6) is 0 Å². The first kappa shape index (κ1) is 14.6. The second kappa shape index (κ2) is 5.00. The maximum Gasteiger partial charge on any atom is 0.356 e. The quantitative estimate of drug-likeness (QED) is 0.764. The molecule has 0 radical (unpaired) electrons. The van der Waals surface area contributed by atoms with Crippen molar-refractivity contribution in [3.8, 4) is 16.9 Å². The summed E-state index contributed by atoms with van der Waals surface area (Å²) in [6, 6.07) is 10.4. The monoisotopic (exact) mass is 341 g/mol. The zero-order valence-electron chi connectivity index (χ0n) is 12.2. The summed E-state index contributed by atoms with van der Waals surface area (Å²) in [7, 11) is -3.64. The molecule has 1 aromatic carbocycles. The van der Waals surface area contributed by atoms with Crippen molar-refractivity contribution in [2.45, 2.75) is 10.6 Å². The van der Waals surface area contributed by atoms with Crippen LogP contribution in [-0.2, 0) is 15.6 Å². The highest BCUT2D eigenvalue weighted by atomic mass is 32.2. The number of benzene rings is 1. The number of hydrogen-bond donors (Lipinski definition) is 1. The number of sulfone groups is 1. The molecule has 1 aliphatic rings. The lowest BCUT2D eigenvalue weighted by Gasteiger charge is -2.18. The molecule has 4 rings (SSSR count). The third-order valence-corrected chi connectivity index (χ3v) is 5.59. The smallest absolute Gasteiger partial charge is 0.356 e. The number of rotatable bonds is 2. The molecule has 0 fully saturated rings. The summed E-state index contributed by atoms with van der Waals surface area (Å²) in [4.78, 5) is 15.7. The Bertz CT molecular complexity index is 1070. The van der Waals surface area contributed by atoms with Crippen LogP contribution in [0.2, 0.25) is 0 Å². The van der Waals surface area contributed by atoms with Gasteiger partial charge in [0.2, 0.25) is 0 Å². The molecule has 24 heavy (non-hydrogen) atoms. The van der Waals surface area contributed by atoms with E-state index in [0.717, 1.165) is 0 Å². The van der Waals surface area contributed by atoms with Crippen molar-refractivity contribution < 1.29 is 18.3 Å². The van der Waals surface area contributed by atoms with Gasteiger partial charge in [-0.1, -0.05) is 18.2 Å². The van der Waals surface area contributed by atoms with Gasteiger partial charge in [0.1, 0.15) is 0 Å². The maximum atomic E-state index is 12.5. The summed E-state index contributed by atoms with van der Waals surface area (Å²) in [5.74, 6) is -1.66. The van der Waals surface area contributed by atoms with Gasteiger partial charge in [-0.2, -0.15) is 5.10 Å². The van der Waals surface area contributed by atoms with E-state index in [1.54, 1.807) is 24.3 Å². The van der Waals surface area contributed by atoms with E-state index in [-0.39, 0.29) is 16.2 Å². The van der Waals surface area contributed by atoms with E-state index in [2.05, 4.69) is 10.1 Å². The van der Waals surface area contributed by atoms with Crippen molar-refractivity contribution >= 4 is 15.8 Å². The van der Waals surface area contributed by atoms with E-state index in [4.69, 9.17) is 0 Å². The van der Waals surface area contributed by atoms with Gasteiger partial charge in [0.05, 0.1) is 22.0 Å². The first-order valence-electron chi connectivity index (χ1n) is 7.07. The lowest BCUT2D eigenvalue weighted by molar-refractivity contribution is 0.0689. The zero-order chi connectivity index (χ0) is 16.9. The molecule has 0 amide bonds. The Kier molecular flexibility index (Phi) is 3.04. The third kappa shape index (κ3) is 2.04. The van der Waals surface area contributed by atoms with E-state index in [0.29, 0.717) is 16.9 Å². The van der Waals surface area contributed by atoms with Crippen LogP contribution < -0.4 is 0 Å². The summed E-state index contributed by atoms with van der Waals surface area (Å²) in [6.07, 6.45) is 2.83. The molecule has 8 heteroatoms. The van der Waals surface area contributed by atoms with Crippen molar-refractivity contribution in [1.82, 2.24) is 14.8 Å². The molecule has 1 aliphatic heterocycles. The molecule has 0 aliphatic carbocycles. The number of para-hydroxylation sites is 1. The average Bonchev–Trinajstić information content (AvgIpc) is 2.95. The summed E-state index contributed by atoms with van der Waals surface area (Å²) in [6.45, 7) is 0. The Labute approximate surface area is 137 Å². The lowest BCUT2D eigenvalue weighted by atomic mass is 10.1. The van der Waals surface area contributed by atoms with E-state index in [1.807, 2.05) is 6.07 Å². The minimum Gasteiger partial charge on any atom is -0.476 e. The maximum absolute atomic E-state index is 12.5. The van der Waals surface area contributed by atoms with E-state index < -0.39 is 21.6 Å². The molecular weight excluding hydrogens is 330 g/mol. The number of nitrogens with zero attached hydrogens (tertiary/aromatic N) is 3. The Balaban J connectivity index is 2.12. The Morgan fingerprint density at radius 3 is 2.62 bits per heavy atom. The normalized spacial score (nSPS) is 14.7. The zero-order valence-corrected chi connectivity index (χ0v) is 13.1. The van der Waals surface area contributed by atoms with E-state index in [1.165, 1.54) is 23.1 Å².